The molecule has 1 N–H and O–H groups in total. The molecular weight excluding hydrogens is 378 g/mol. The van der Waals surface area contributed by atoms with E-state index < -0.39 is 0 Å². The van der Waals surface area contributed by atoms with Crippen LogP contribution in [0.2, 0.25) is 5.02 Å². The van der Waals surface area contributed by atoms with Gasteiger partial charge in [0.05, 0.1) is 19.4 Å². The van der Waals surface area contributed by atoms with Gasteiger partial charge in [0.15, 0.2) is 5.69 Å². The zero-order valence-corrected chi connectivity index (χ0v) is 16.8. The van der Waals surface area contributed by atoms with Crippen molar-refractivity contribution in [1.29, 1.82) is 0 Å². The topological polar surface area (TPSA) is 71.5 Å². The van der Waals surface area contributed by atoms with E-state index in [1.807, 2.05) is 24.3 Å². The van der Waals surface area contributed by atoms with Gasteiger partial charge in [-0.2, -0.15) is 0 Å². The molecule has 3 rings (SSSR count). The van der Waals surface area contributed by atoms with E-state index in [4.69, 9.17) is 20.4 Å². The second-order valence-electron chi connectivity index (χ2n) is 6.68. The van der Waals surface area contributed by atoms with Crippen LogP contribution >= 0.6 is 11.6 Å². The predicted octanol–water partition coefficient (Wildman–Crippen LogP) is 4.65. The fraction of sp³-hybridized carbons (Fsp3) is 0.333. The lowest BCUT2D eigenvalue weighted by molar-refractivity contribution is 0.0943. The third-order valence-corrected chi connectivity index (χ3v) is 4.85. The fourth-order valence-electron chi connectivity index (χ4n) is 2.83. The van der Waals surface area contributed by atoms with E-state index in [0.717, 1.165) is 18.5 Å². The summed E-state index contributed by atoms with van der Waals surface area (Å²) in [6.07, 6.45) is 3.94. The Bertz CT molecular complexity index is 892. The highest BCUT2D eigenvalue weighted by Crippen LogP contribution is 2.18. The lowest BCUT2D eigenvalue weighted by Crippen LogP contribution is -2.31. The number of rotatable bonds is 9. The van der Waals surface area contributed by atoms with Gasteiger partial charge >= 0.3 is 0 Å². The van der Waals surface area contributed by atoms with Crippen LogP contribution in [-0.4, -0.2) is 21.8 Å². The van der Waals surface area contributed by atoms with E-state index in [2.05, 4.69) is 29.0 Å². The largest absolute Gasteiger partial charge is 0.467 e. The maximum absolute atomic E-state index is 12.3. The number of furan rings is 1. The van der Waals surface area contributed by atoms with Gasteiger partial charge < -0.3 is 14.2 Å². The van der Waals surface area contributed by atoms with Gasteiger partial charge in [-0.1, -0.05) is 30.7 Å². The summed E-state index contributed by atoms with van der Waals surface area (Å²) in [5.74, 6) is 0.892. The molecule has 1 amide bonds. The molecule has 0 fully saturated rings. The van der Waals surface area contributed by atoms with Crippen molar-refractivity contribution >= 4 is 17.5 Å². The van der Waals surface area contributed by atoms with Gasteiger partial charge in [0.25, 0.3) is 5.91 Å². The highest BCUT2D eigenvalue weighted by Gasteiger charge is 2.18. The Kier molecular flexibility index (Phi) is 6.90. The van der Waals surface area contributed by atoms with Crippen LogP contribution in [0.1, 0.15) is 48.0 Å². The van der Waals surface area contributed by atoms with Gasteiger partial charge in [0.1, 0.15) is 12.0 Å². The van der Waals surface area contributed by atoms with Gasteiger partial charge in [-0.15, -0.1) is 0 Å². The van der Waals surface area contributed by atoms with Crippen molar-refractivity contribution in [2.24, 2.45) is 0 Å². The molecule has 3 aromatic rings. The molecule has 7 heteroatoms. The summed E-state index contributed by atoms with van der Waals surface area (Å²) in [5, 5.41) is 3.48. The van der Waals surface area contributed by atoms with E-state index in [0.29, 0.717) is 35.8 Å². The first-order valence-electron chi connectivity index (χ1n) is 9.28. The monoisotopic (exact) mass is 401 g/mol. The normalized spacial score (nSPS) is 12.3. The van der Waals surface area contributed by atoms with Crippen molar-refractivity contribution in [2.45, 2.75) is 45.9 Å². The molecule has 0 saturated carbocycles. The first-order valence-corrected chi connectivity index (χ1v) is 9.66. The third-order valence-electron chi connectivity index (χ3n) is 4.61. The molecule has 0 aliphatic heterocycles. The molecule has 1 atom stereocenters. The zero-order chi connectivity index (χ0) is 19.9. The molecule has 0 aliphatic rings. The van der Waals surface area contributed by atoms with Crippen LogP contribution in [0.5, 0.6) is 0 Å². The van der Waals surface area contributed by atoms with Crippen molar-refractivity contribution < 1.29 is 13.6 Å². The smallest absolute Gasteiger partial charge is 0.273 e. The predicted molar refractivity (Wildman–Crippen MR) is 107 cm³/mol. The Morgan fingerprint density at radius 3 is 2.82 bits per heavy atom. The van der Waals surface area contributed by atoms with Crippen molar-refractivity contribution in [3.05, 3.63) is 76.9 Å². The van der Waals surface area contributed by atoms with Crippen molar-refractivity contribution in [2.75, 3.05) is 0 Å². The van der Waals surface area contributed by atoms with Crippen LogP contribution in [0.3, 0.4) is 0 Å². The van der Waals surface area contributed by atoms with Crippen molar-refractivity contribution in [3.8, 4) is 0 Å². The molecule has 0 aliphatic carbocycles. The third kappa shape index (κ3) is 5.47. The molecule has 28 heavy (non-hydrogen) atoms. The lowest BCUT2D eigenvalue weighted by Gasteiger charge is -2.27. The van der Waals surface area contributed by atoms with Gasteiger partial charge in [-0.3, -0.25) is 9.69 Å². The summed E-state index contributed by atoms with van der Waals surface area (Å²) in [6, 6.07) is 11.7. The Morgan fingerprint density at radius 2 is 2.11 bits per heavy atom. The van der Waals surface area contributed by atoms with Crippen LogP contribution in [0.25, 0.3) is 0 Å². The minimum Gasteiger partial charge on any atom is -0.467 e. The first kappa shape index (κ1) is 20.2. The number of amides is 1. The van der Waals surface area contributed by atoms with E-state index >= 15 is 0 Å². The first-order chi connectivity index (χ1) is 13.5. The quantitative estimate of drug-likeness (QED) is 0.565. The zero-order valence-electron chi connectivity index (χ0n) is 16.0. The summed E-state index contributed by atoms with van der Waals surface area (Å²) in [5.41, 5.74) is 1.38. The van der Waals surface area contributed by atoms with Crippen molar-refractivity contribution in [3.63, 3.8) is 0 Å². The summed E-state index contributed by atoms with van der Waals surface area (Å²) in [4.78, 5) is 18.9. The van der Waals surface area contributed by atoms with Crippen LogP contribution in [0.15, 0.2) is 57.8 Å². The van der Waals surface area contributed by atoms with Gasteiger partial charge in [-0.05, 0) is 43.2 Å². The minimum atomic E-state index is -0.295. The molecule has 0 spiro atoms. The molecule has 2 aromatic heterocycles. The number of hydrogen-bond donors (Lipinski definition) is 1. The second kappa shape index (κ2) is 9.57. The number of nitrogens with one attached hydrogen (secondary N) is 1. The van der Waals surface area contributed by atoms with Crippen LogP contribution in [-0.2, 0) is 19.6 Å². The van der Waals surface area contributed by atoms with Gasteiger partial charge in [0, 0.05) is 17.6 Å². The Balaban J connectivity index is 1.63. The highest BCUT2D eigenvalue weighted by molar-refractivity contribution is 6.30. The van der Waals surface area contributed by atoms with Crippen molar-refractivity contribution in [1.82, 2.24) is 15.2 Å². The van der Waals surface area contributed by atoms with Crippen LogP contribution in [0, 0.1) is 0 Å². The molecule has 2 heterocycles. The molecule has 1 aromatic carbocycles. The average molecular weight is 402 g/mol. The molecular formula is C21H24ClN3O3. The molecule has 0 saturated heterocycles. The number of hydrogen-bond acceptors (Lipinski definition) is 5. The summed E-state index contributed by atoms with van der Waals surface area (Å²) >= 11 is 6.11. The summed E-state index contributed by atoms with van der Waals surface area (Å²) in [6.45, 7) is 5.83. The Labute approximate surface area is 169 Å². The van der Waals surface area contributed by atoms with E-state index in [1.54, 1.807) is 18.4 Å². The number of nitrogens with zero attached hydrogens (tertiary/aromatic N) is 2. The number of oxazole rings is 1. The molecule has 0 unspecified atom stereocenters. The number of benzene rings is 1. The molecule has 6 nitrogen and oxygen atoms in total. The summed E-state index contributed by atoms with van der Waals surface area (Å²) in [7, 11) is 0. The average Bonchev–Trinajstić information content (AvgIpc) is 3.37. The fourth-order valence-corrected chi connectivity index (χ4v) is 3.04. The van der Waals surface area contributed by atoms with Crippen LogP contribution < -0.4 is 5.32 Å². The van der Waals surface area contributed by atoms with Crippen LogP contribution in [0.4, 0.5) is 0 Å². The lowest BCUT2D eigenvalue weighted by atomic mass is 10.1. The van der Waals surface area contributed by atoms with E-state index in [9.17, 15) is 4.79 Å². The maximum atomic E-state index is 12.3. The van der Waals surface area contributed by atoms with Gasteiger partial charge in [0.2, 0.25) is 5.89 Å². The Morgan fingerprint density at radius 1 is 1.25 bits per heavy atom. The maximum Gasteiger partial charge on any atom is 0.273 e. The standard InChI is InChI=1S/C21H24ClN3O3/c1-3-15(2)25(12-16-6-4-7-17(22)10-16)13-20-24-19(14-28-20)21(26)23-11-18-8-5-9-27-18/h4-10,14-15H,3,11-13H2,1-2H3,(H,23,26)/t15-/m1/s1. The molecule has 0 bridgehead atoms. The Hall–Kier alpha value is -2.57. The van der Waals surface area contributed by atoms with E-state index in [-0.39, 0.29) is 11.6 Å². The number of halogens is 1. The van der Waals surface area contributed by atoms with Gasteiger partial charge in [-0.25, -0.2) is 4.98 Å². The van der Waals surface area contributed by atoms with E-state index in [1.165, 1.54) is 6.26 Å². The number of carbonyl (C=O) groups is 1. The number of aromatic nitrogens is 1. The highest BCUT2D eigenvalue weighted by atomic mass is 35.5. The minimum absolute atomic E-state index is 0.258. The molecule has 148 valence electrons. The SMILES string of the molecule is CC[C@@H](C)N(Cc1cccc(Cl)c1)Cc1nc(C(=O)NCc2ccco2)co1. The summed E-state index contributed by atoms with van der Waals surface area (Å²) < 4.78 is 10.8. The second-order valence-corrected chi connectivity index (χ2v) is 7.12. The molecule has 0 radical (unpaired) electrons. The number of carbonyl (C=O) groups excluding carboxylic acids is 1.